The van der Waals surface area contributed by atoms with Crippen LogP contribution in [0.4, 0.5) is 0 Å². The number of ether oxygens (including phenoxy) is 1. The van der Waals surface area contributed by atoms with Crippen LogP contribution in [-0.2, 0) is 16.0 Å². The number of carbonyl (C=O) groups excluding carboxylic acids is 3. The minimum Gasteiger partial charge on any atom is -0.484 e. The van der Waals surface area contributed by atoms with E-state index in [4.69, 9.17) is 10.5 Å². The second-order valence-electron chi connectivity index (χ2n) is 8.02. The number of nitrogens with one attached hydrogen (secondary N) is 2. The average molecular weight is 469 g/mol. The van der Waals surface area contributed by atoms with Gasteiger partial charge in [-0.2, -0.15) is 0 Å². The minimum absolute atomic E-state index is 0.127. The molecule has 0 unspecified atom stereocenters. The topological polar surface area (TPSA) is 123 Å². The molecule has 1 heterocycles. The first-order valence-corrected chi connectivity index (χ1v) is 10.9. The lowest BCUT2D eigenvalue weighted by Gasteiger charge is -2.12. The van der Waals surface area contributed by atoms with Crippen molar-refractivity contribution >= 4 is 28.6 Å². The summed E-state index contributed by atoms with van der Waals surface area (Å²) in [6, 6.07) is 23.6. The van der Waals surface area contributed by atoms with Crippen molar-refractivity contribution in [3.05, 3.63) is 95.6 Å². The highest BCUT2D eigenvalue weighted by Gasteiger charge is 2.15. The summed E-state index contributed by atoms with van der Waals surface area (Å²) in [6.45, 7) is 1.70. The molecule has 0 saturated carbocycles. The number of aromatic nitrogens is 1. The van der Waals surface area contributed by atoms with Crippen molar-refractivity contribution in [1.29, 1.82) is 0 Å². The van der Waals surface area contributed by atoms with E-state index in [9.17, 15) is 14.4 Å². The molecule has 8 heteroatoms. The molecule has 3 amide bonds. The summed E-state index contributed by atoms with van der Waals surface area (Å²) in [5, 5.41) is 0.669. The van der Waals surface area contributed by atoms with Crippen LogP contribution in [0.25, 0.3) is 22.2 Å². The first kappa shape index (κ1) is 23.4. The Bertz CT molecular complexity index is 1380. The zero-order valence-corrected chi connectivity index (χ0v) is 19.1. The molecule has 0 fully saturated rings. The van der Waals surface area contributed by atoms with E-state index in [0.29, 0.717) is 27.9 Å². The number of fused-ring (bicyclic) bond motifs is 1. The third-order valence-corrected chi connectivity index (χ3v) is 5.30. The lowest BCUT2D eigenvalue weighted by molar-refractivity contribution is -0.123. The lowest BCUT2D eigenvalue weighted by Crippen LogP contribution is -2.43. The highest BCUT2D eigenvalue weighted by molar-refractivity contribution is 6.07. The molecule has 0 saturated heterocycles. The van der Waals surface area contributed by atoms with Crippen molar-refractivity contribution in [1.82, 2.24) is 15.8 Å². The zero-order valence-electron chi connectivity index (χ0n) is 19.1. The summed E-state index contributed by atoms with van der Waals surface area (Å²) >= 11 is 0. The number of nitrogens with zero attached hydrogens (tertiary/aromatic N) is 1. The molecular weight excluding hydrogens is 444 g/mol. The van der Waals surface area contributed by atoms with E-state index in [0.717, 1.165) is 16.7 Å². The molecule has 0 bridgehead atoms. The lowest BCUT2D eigenvalue weighted by atomic mass is 10.0. The second kappa shape index (κ2) is 10.5. The summed E-state index contributed by atoms with van der Waals surface area (Å²) in [4.78, 5) is 40.9. The van der Waals surface area contributed by atoms with Crippen LogP contribution in [0.2, 0.25) is 0 Å². The quantitative estimate of drug-likeness (QED) is 0.360. The molecule has 0 atom stereocenters. The number of para-hydroxylation sites is 1. The predicted molar refractivity (Wildman–Crippen MR) is 132 cm³/mol. The van der Waals surface area contributed by atoms with Crippen LogP contribution in [0.15, 0.2) is 78.9 Å². The monoisotopic (exact) mass is 468 g/mol. The fourth-order valence-electron chi connectivity index (χ4n) is 3.52. The van der Waals surface area contributed by atoms with E-state index < -0.39 is 17.7 Å². The Labute approximate surface area is 202 Å². The highest BCUT2D eigenvalue weighted by atomic mass is 16.5. The molecule has 0 aliphatic heterocycles. The maximum atomic E-state index is 13.0. The summed E-state index contributed by atoms with van der Waals surface area (Å²) in [5.41, 5.74) is 14.5. The fourth-order valence-corrected chi connectivity index (χ4v) is 3.52. The predicted octanol–water partition coefficient (Wildman–Crippen LogP) is 3.08. The molecular formula is C27H24N4O4. The van der Waals surface area contributed by atoms with Crippen molar-refractivity contribution in [2.24, 2.45) is 5.73 Å². The number of primary amides is 1. The van der Waals surface area contributed by atoms with Crippen LogP contribution in [0.1, 0.15) is 21.5 Å². The van der Waals surface area contributed by atoms with Gasteiger partial charge in [0.15, 0.2) is 6.61 Å². The number of carbonyl (C=O) groups is 3. The molecule has 176 valence electrons. The fraction of sp³-hybridized carbons (Fsp3) is 0.111. The van der Waals surface area contributed by atoms with Gasteiger partial charge in [-0.3, -0.25) is 25.2 Å². The Kier molecular flexibility index (Phi) is 7.02. The largest absolute Gasteiger partial charge is 0.484 e. The van der Waals surface area contributed by atoms with Crippen molar-refractivity contribution in [3.8, 4) is 17.0 Å². The summed E-state index contributed by atoms with van der Waals surface area (Å²) in [6.07, 6.45) is 0.127. The first-order chi connectivity index (χ1) is 16.9. The Hall–Kier alpha value is -4.72. The summed E-state index contributed by atoms with van der Waals surface area (Å²) in [5.74, 6) is -0.984. The van der Waals surface area contributed by atoms with E-state index in [2.05, 4.69) is 15.8 Å². The standard InChI is InChI=1S/C27H24N4O4/c1-17-6-10-19(11-7-17)24-15-22(21-4-2-3-5-23(21)29-24)27(34)31-30-26(33)16-35-20-12-8-18(9-13-20)14-25(28)32/h2-13,15H,14,16H2,1H3,(H2,28,32)(H,30,33)(H,31,34). The van der Waals surface area contributed by atoms with Gasteiger partial charge in [0.05, 0.1) is 23.2 Å². The molecule has 8 nitrogen and oxygen atoms in total. The average Bonchev–Trinajstić information content (AvgIpc) is 2.86. The van der Waals surface area contributed by atoms with Gasteiger partial charge in [0.2, 0.25) is 5.91 Å². The number of amides is 3. The highest BCUT2D eigenvalue weighted by Crippen LogP contribution is 2.25. The van der Waals surface area contributed by atoms with Crippen LogP contribution in [-0.4, -0.2) is 29.3 Å². The summed E-state index contributed by atoms with van der Waals surface area (Å²) < 4.78 is 5.43. The normalized spacial score (nSPS) is 10.5. The number of nitrogens with two attached hydrogens (primary N) is 1. The van der Waals surface area contributed by atoms with E-state index in [1.54, 1.807) is 30.3 Å². The third-order valence-electron chi connectivity index (χ3n) is 5.30. The van der Waals surface area contributed by atoms with Crippen LogP contribution < -0.4 is 21.3 Å². The van der Waals surface area contributed by atoms with E-state index in [-0.39, 0.29) is 13.0 Å². The Morgan fingerprint density at radius 2 is 1.63 bits per heavy atom. The molecule has 0 aliphatic rings. The van der Waals surface area contributed by atoms with Gasteiger partial charge in [-0.25, -0.2) is 4.98 Å². The van der Waals surface area contributed by atoms with Crippen molar-refractivity contribution in [3.63, 3.8) is 0 Å². The van der Waals surface area contributed by atoms with Gasteiger partial charge in [-0.15, -0.1) is 0 Å². The summed E-state index contributed by atoms with van der Waals surface area (Å²) in [7, 11) is 0. The van der Waals surface area contributed by atoms with Gasteiger partial charge < -0.3 is 10.5 Å². The molecule has 3 aromatic carbocycles. The maximum absolute atomic E-state index is 13.0. The minimum atomic E-state index is -0.531. The van der Waals surface area contributed by atoms with Crippen LogP contribution in [0.3, 0.4) is 0 Å². The molecule has 4 aromatic rings. The molecule has 0 radical (unpaired) electrons. The Balaban J connectivity index is 1.42. The molecule has 1 aromatic heterocycles. The van der Waals surface area contributed by atoms with Gasteiger partial charge in [0.1, 0.15) is 5.75 Å². The smallest absolute Gasteiger partial charge is 0.276 e. The number of aryl methyl sites for hydroxylation is 1. The van der Waals surface area contributed by atoms with Gasteiger partial charge in [-0.05, 0) is 36.8 Å². The van der Waals surface area contributed by atoms with Crippen molar-refractivity contribution in [2.75, 3.05) is 6.61 Å². The second-order valence-corrected chi connectivity index (χ2v) is 8.02. The van der Waals surface area contributed by atoms with E-state index >= 15 is 0 Å². The van der Waals surface area contributed by atoms with Gasteiger partial charge >= 0.3 is 0 Å². The Morgan fingerprint density at radius 3 is 2.34 bits per heavy atom. The molecule has 4 N–H and O–H groups in total. The van der Waals surface area contributed by atoms with Gasteiger partial charge in [0.25, 0.3) is 11.8 Å². The van der Waals surface area contributed by atoms with Gasteiger partial charge in [-0.1, -0.05) is 60.2 Å². The number of benzene rings is 3. The van der Waals surface area contributed by atoms with E-state index in [1.807, 2.05) is 55.5 Å². The number of pyridine rings is 1. The third kappa shape index (κ3) is 6.00. The van der Waals surface area contributed by atoms with Gasteiger partial charge in [0, 0.05) is 10.9 Å². The van der Waals surface area contributed by atoms with E-state index in [1.165, 1.54) is 0 Å². The molecule has 0 spiro atoms. The van der Waals surface area contributed by atoms with Crippen molar-refractivity contribution < 1.29 is 19.1 Å². The number of hydrogen-bond donors (Lipinski definition) is 3. The number of rotatable bonds is 7. The van der Waals surface area contributed by atoms with Crippen LogP contribution in [0.5, 0.6) is 5.75 Å². The zero-order chi connectivity index (χ0) is 24.8. The molecule has 4 rings (SSSR count). The number of hydrazine groups is 1. The first-order valence-electron chi connectivity index (χ1n) is 10.9. The van der Waals surface area contributed by atoms with Crippen LogP contribution in [0, 0.1) is 6.92 Å². The Morgan fingerprint density at radius 1 is 0.914 bits per heavy atom. The molecule has 35 heavy (non-hydrogen) atoms. The maximum Gasteiger partial charge on any atom is 0.276 e. The number of hydrogen-bond acceptors (Lipinski definition) is 5. The van der Waals surface area contributed by atoms with Crippen molar-refractivity contribution in [2.45, 2.75) is 13.3 Å². The molecule has 0 aliphatic carbocycles. The van der Waals surface area contributed by atoms with Crippen LogP contribution >= 0.6 is 0 Å². The SMILES string of the molecule is Cc1ccc(-c2cc(C(=O)NNC(=O)COc3ccc(CC(N)=O)cc3)c3ccccc3n2)cc1.